The Balaban J connectivity index is 2.15. The molecule has 0 radical (unpaired) electrons. The molecule has 150 valence electrons. The molecule has 0 unspecified atom stereocenters. The molecule has 2 rings (SSSR count). The van der Waals surface area contributed by atoms with Crippen molar-refractivity contribution in [3.05, 3.63) is 42.5 Å². The van der Waals surface area contributed by atoms with Crippen molar-refractivity contribution in [3.63, 3.8) is 0 Å². The van der Waals surface area contributed by atoms with E-state index in [1.54, 1.807) is 49.4 Å². The molecule has 1 aliphatic rings. The van der Waals surface area contributed by atoms with E-state index in [1.807, 2.05) is 0 Å². The predicted molar refractivity (Wildman–Crippen MR) is 104 cm³/mol. The number of sulfone groups is 1. The third-order valence-corrected chi connectivity index (χ3v) is 7.09. The minimum absolute atomic E-state index is 0.0234. The molecule has 2 atom stereocenters. The summed E-state index contributed by atoms with van der Waals surface area (Å²) in [7, 11) is -0.992. The van der Waals surface area contributed by atoms with Crippen LogP contribution < -0.4 is 0 Å². The second-order valence-corrected chi connectivity index (χ2v) is 8.76. The second-order valence-electron chi connectivity index (χ2n) is 6.60. The Bertz CT molecular complexity index is 889. The van der Waals surface area contributed by atoms with Gasteiger partial charge in [-0.1, -0.05) is 30.4 Å². The fraction of sp³-hybridized carbons (Fsp3) is 0.429. The molecular weight excluding hydrogens is 380 g/mol. The van der Waals surface area contributed by atoms with E-state index in [4.69, 9.17) is 9.47 Å². The molecular formula is C21H24O6S. The zero-order chi connectivity index (χ0) is 20.8. The van der Waals surface area contributed by atoms with Gasteiger partial charge in [-0.05, 0) is 37.8 Å². The van der Waals surface area contributed by atoms with Crippen LogP contribution in [0.1, 0.15) is 26.2 Å². The molecule has 6 nitrogen and oxygen atoms in total. The molecule has 1 aliphatic carbocycles. The first-order chi connectivity index (χ1) is 13.3. The van der Waals surface area contributed by atoms with Crippen molar-refractivity contribution >= 4 is 21.8 Å². The van der Waals surface area contributed by atoms with Crippen molar-refractivity contribution in [2.45, 2.75) is 36.3 Å². The molecule has 0 N–H and O–H groups in total. The van der Waals surface area contributed by atoms with Crippen LogP contribution in [0, 0.1) is 23.2 Å². The van der Waals surface area contributed by atoms with Crippen molar-refractivity contribution in [3.8, 4) is 11.8 Å². The summed E-state index contributed by atoms with van der Waals surface area (Å²) in [4.78, 5) is 24.9. The maximum Gasteiger partial charge on any atom is 0.324 e. The fourth-order valence-electron chi connectivity index (χ4n) is 3.07. The van der Waals surface area contributed by atoms with Gasteiger partial charge in [-0.15, -0.1) is 11.8 Å². The third-order valence-electron chi connectivity index (χ3n) is 4.82. The minimum Gasteiger partial charge on any atom is -0.468 e. The summed E-state index contributed by atoms with van der Waals surface area (Å²) in [5.41, 5.74) is -1.56. The number of methoxy groups -OCH3 is 2. The molecule has 1 aromatic carbocycles. The van der Waals surface area contributed by atoms with Gasteiger partial charge < -0.3 is 9.47 Å². The zero-order valence-electron chi connectivity index (χ0n) is 16.2. The van der Waals surface area contributed by atoms with E-state index in [2.05, 4.69) is 11.8 Å². The highest BCUT2D eigenvalue weighted by atomic mass is 32.2. The summed E-state index contributed by atoms with van der Waals surface area (Å²) in [6.07, 6.45) is 3.88. The lowest BCUT2D eigenvalue weighted by atomic mass is 9.81. The summed E-state index contributed by atoms with van der Waals surface area (Å²) in [5.74, 6) is 3.81. The van der Waals surface area contributed by atoms with Crippen molar-refractivity contribution in [2.24, 2.45) is 11.3 Å². The number of hydrogen-bond donors (Lipinski definition) is 0. The smallest absolute Gasteiger partial charge is 0.324 e. The van der Waals surface area contributed by atoms with E-state index in [-0.39, 0.29) is 18.8 Å². The minimum atomic E-state index is -3.39. The maximum atomic E-state index is 12.6. The van der Waals surface area contributed by atoms with Crippen LogP contribution in [0.25, 0.3) is 0 Å². The molecule has 0 saturated heterocycles. The van der Waals surface area contributed by atoms with Crippen LogP contribution in [0.4, 0.5) is 0 Å². The lowest BCUT2D eigenvalue weighted by molar-refractivity contribution is -0.168. The lowest BCUT2D eigenvalue weighted by Gasteiger charge is -2.24. The van der Waals surface area contributed by atoms with Crippen molar-refractivity contribution in [1.82, 2.24) is 0 Å². The van der Waals surface area contributed by atoms with Crippen LogP contribution >= 0.6 is 0 Å². The van der Waals surface area contributed by atoms with Crippen molar-refractivity contribution in [2.75, 3.05) is 14.2 Å². The number of ether oxygens (including phenoxy) is 2. The lowest BCUT2D eigenvalue weighted by Crippen LogP contribution is -2.40. The number of hydrogen-bond acceptors (Lipinski definition) is 6. The molecule has 1 fully saturated rings. The zero-order valence-corrected chi connectivity index (χ0v) is 17.0. The van der Waals surface area contributed by atoms with Gasteiger partial charge in [0.25, 0.3) is 0 Å². The molecule has 0 spiro atoms. The summed E-state index contributed by atoms with van der Waals surface area (Å²) in [6.45, 7) is 1.61. The number of carbonyl (C=O) groups is 2. The van der Waals surface area contributed by atoms with Crippen LogP contribution in [-0.2, 0) is 28.9 Å². The van der Waals surface area contributed by atoms with Gasteiger partial charge in [-0.25, -0.2) is 8.42 Å². The fourth-order valence-corrected chi connectivity index (χ4v) is 4.99. The largest absolute Gasteiger partial charge is 0.468 e. The highest BCUT2D eigenvalue weighted by Gasteiger charge is 2.48. The SMILES string of the molecule is CC#CCC(C/C=C/[C@@H]1C[C@@H]1S(=O)(=O)c1ccccc1)(C(=O)OC)C(=O)OC. The van der Waals surface area contributed by atoms with E-state index in [0.29, 0.717) is 11.3 Å². The van der Waals surface area contributed by atoms with Crippen molar-refractivity contribution in [1.29, 1.82) is 0 Å². The monoisotopic (exact) mass is 404 g/mol. The molecule has 28 heavy (non-hydrogen) atoms. The van der Waals surface area contributed by atoms with Crippen molar-refractivity contribution < 1.29 is 27.5 Å². The first kappa shape index (κ1) is 21.7. The molecule has 0 bridgehead atoms. The Kier molecular flexibility index (Phi) is 7.03. The van der Waals surface area contributed by atoms with Crippen LogP contribution in [0.5, 0.6) is 0 Å². The molecule has 0 amide bonds. The van der Waals surface area contributed by atoms with Crippen LogP contribution in [-0.4, -0.2) is 39.8 Å². The summed E-state index contributed by atoms with van der Waals surface area (Å²) in [5, 5.41) is -0.493. The Labute approximate surface area is 165 Å². The van der Waals surface area contributed by atoms with E-state index in [9.17, 15) is 18.0 Å². The summed E-state index contributed by atoms with van der Waals surface area (Å²) >= 11 is 0. The van der Waals surface area contributed by atoms with E-state index in [1.165, 1.54) is 14.2 Å². The number of carbonyl (C=O) groups excluding carboxylic acids is 2. The van der Waals surface area contributed by atoms with Crippen LogP contribution in [0.3, 0.4) is 0 Å². The van der Waals surface area contributed by atoms with Gasteiger partial charge >= 0.3 is 11.9 Å². The Morgan fingerprint density at radius 1 is 1.18 bits per heavy atom. The molecule has 7 heteroatoms. The first-order valence-electron chi connectivity index (χ1n) is 8.85. The van der Waals surface area contributed by atoms with Gasteiger partial charge in [0.1, 0.15) is 0 Å². The second kappa shape index (κ2) is 9.07. The van der Waals surface area contributed by atoms with E-state index < -0.39 is 32.4 Å². The highest BCUT2D eigenvalue weighted by Crippen LogP contribution is 2.42. The molecule has 0 aliphatic heterocycles. The molecule has 1 saturated carbocycles. The van der Waals surface area contributed by atoms with Crippen LogP contribution in [0.15, 0.2) is 47.4 Å². The topological polar surface area (TPSA) is 86.7 Å². The Morgan fingerprint density at radius 2 is 1.79 bits per heavy atom. The van der Waals surface area contributed by atoms with Gasteiger partial charge in [-0.3, -0.25) is 9.59 Å². The van der Waals surface area contributed by atoms with E-state index >= 15 is 0 Å². The predicted octanol–water partition coefficient (Wildman–Crippen LogP) is 2.54. The molecule has 1 aromatic rings. The number of benzene rings is 1. The number of allylic oxidation sites excluding steroid dienone is 2. The first-order valence-corrected chi connectivity index (χ1v) is 10.4. The average molecular weight is 404 g/mol. The van der Waals surface area contributed by atoms with Gasteiger partial charge in [0.2, 0.25) is 0 Å². The Hall–Kier alpha value is -2.59. The molecule has 0 heterocycles. The van der Waals surface area contributed by atoms with Gasteiger partial charge in [0, 0.05) is 6.42 Å². The third kappa shape index (κ3) is 4.45. The Morgan fingerprint density at radius 3 is 2.32 bits per heavy atom. The quantitative estimate of drug-likeness (QED) is 0.286. The standard InChI is InChI=1S/C21H24O6S/c1-4-5-13-21(19(22)26-2,20(23)27-3)14-9-10-16-15-18(16)28(24,25)17-11-7-6-8-12-17/h6-12,16,18H,13-15H2,1-3H3/b10-9+/t16-,18+/m1/s1. The summed E-state index contributed by atoms with van der Waals surface area (Å²) in [6, 6.07) is 8.31. The number of rotatable bonds is 8. The normalized spacial score (nSPS) is 18.8. The van der Waals surface area contributed by atoms with Gasteiger partial charge in [0.05, 0.1) is 24.4 Å². The van der Waals surface area contributed by atoms with Gasteiger partial charge in [0.15, 0.2) is 15.3 Å². The maximum absolute atomic E-state index is 12.6. The van der Waals surface area contributed by atoms with E-state index in [0.717, 1.165) is 0 Å². The highest BCUT2D eigenvalue weighted by molar-refractivity contribution is 7.92. The summed E-state index contributed by atoms with van der Waals surface area (Å²) < 4.78 is 34.8. The van der Waals surface area contributed by atoms with Gasteiger partial charge in [-0.2, -0.15) is 0 Å². The number of esters is 2. The average Bonchev–Trinajstić information content (AvgIpc) is 3.50. The molecule has 0 aromatic heterocycles. The van der Waals surface area contributed by atoms with Crippen LogP contribution in [0.2, 0.25) is 0 Å².